The number of phenolic OH excluding ortho intramolecular Hbond substituents is 1. The molecule has 1 aliphatic rings. The van der Waals surface area contributed by atoms with E-state index in [1.807, 2.05) is 48.1 Å². The van der Waals surface area contributed by atoms with Crippen molar-refractivity contribution < 1.29 is 34.4 Å². The average molecular weight is 413 g/mol. The molecule has 0 unspecified atom stereocenters. The molecule has 0 fully saturated rings. The fraction of sp³-hybridized carbons (Fsp3) is 0.150. The van der Waals surface area contributed by atoms with Gasteiger partial charge in [-0.3, -0.25) is 0 Å². The second kappa shape index (κ2) is 8.86. The highest BCUT2D eigenvalue weighted by molar-refractivity contribution is 6.27. The maximum atomic E-state index is 9.52. The van der Waals surface area contributed by atoms with Crippen LogP contribution in [-0.2, 0) is 23.2 Å². The van der Waals surface area contributed by atoms with E-state index in [0.29, 0.717) is 6.54 Å². The number of fused-ring (bicyclic) bond motifs is 1. The molecule has 1 aromatic heterocycles. The Labute approximate surface area is 170 Å². The summed E-state index contributed by atoms with van der Waals surface area (Å²) in [5.74, 6) is -1.11. The largest absolute Gasteiger partial charge is 0.508 e. The Hall–Kier alpha value is -4.21. The molecule has 156 valence electrons. The molecule has 10 heteroatoms. The molecule has 0 amide bonds. The van der Waals surface area contributed by atoms with Crippen LogP contribution in [0.1, 0.15) is 5.56 Å². The SMILES string of the molecule is Cn1c(-c2ccc3c(c2)OCO3)cnc1NCc1cccc(O)c1.O=C(O)C(=O)O. The molecule has 2 aromatic carbocycles. The summed E-state index contributed by atoms with van der Waals surface area (Å²) in [5, 5.41) is 27.6. The van der Waals surface area contributed by atoms with E-state index in [0.717, 1.165) is 34.3 Å². The number of benzene rings is 2. The summed E-state index contributed by atoms with van der Waals surface area (Å²) in [5.41, 5.74) is 2.98. The zero-order chi connectivity index (χ0) is 21.7. The number of phenols is 1. The molecule has 0 atom stereocenters. The summed E-state index contributed by atoms with van der Waals surface area (Å²) in [6.07, 6.45) is 1.82. The van der Waals surface area contributed by atoms with Crippen LogP contribution in [0.2, 0.25) is 0 Å². The second-order valence-electron chi connectivity index (χ2n) is 6.23. The molecule has 4 N–H and O–H groups in total. The summed E-state index contributed by atoms with van der Waals surface area (Å²) in [4.78, 5) is 22.6. The normalized spacial score (nSPS) is 11.4. The molecule has 4 rings (SSSR count). The first-order chi connectivity index (χ1) is 14.3. The third kappa shape index (κ3) is 4.79. The number of rotatable bonds is 4. The monoisotopic (exact) mass is 413 g/mol. The molecule has 2 heterocycles. The van der Waals surface area contributed by atoms with Crippen molar-refractivity contribution in [3.05, 3.63) is 54.2 Å². The number of anilines is 1. The number of ether oxygens (including phenoxy) is 2. The van der Waals surface area contributed by atoms with Gasteiger partial charge in [-0.05, 0) is 35.9 Å². The lowest BCUT2D eigenvalue weighted by molar-refractivity contribution is -0.159. The summed E-state index contributed by atoms with van der Waals surface area (Å²) in [6.45, 7) is 0.848. The van der Waals surface area contributed by atoms with Crippen LogP contribution in [0.15, 0.2) is 48.7 Å². The molecule has 0 radical (unpaired) electrons. The Balaban J connectivity index is 0.000000377. The number of nitrogens with zero attached hydrogens (tertiary/aromatic N) is 2. The van der Waals surface area contributed by atoms with Gasteiger partial charge in [-0.15, -0.1) is 0 Å². The predicted octanol–water partition coefficient (Wildman–Crippen LogP) is 2.29. The fourth-order valence-electron chi connectivity index (χ4n) is 2.75. The first-order valence-electron chi connectivity index (χ1n) is 8.75. The van der Waals surface area contributed by atoms with E-state index >= 15 is 0 Å². The quantitative estimate of drug-likeness (QED) is 0.474. The Morgan fingerprint density at radius 2 is 1.83 bits per heavy atom. The van der Waals surface area contributed by atoms with Crippen LogP contribution in [-0.4, -0.2) is 43.6 Å². The summed E-state index contributed by atoms with van der Waals surface area (Å²) < 4.78 is 12.8. The molecule has 0 aliphatic carbocycles. The third-order valence-electron chi connectivity index (χ3n) is 4.20. The van der Waals surface area contributed by atoms with E-state index in [4.69, 9.17) is 29.3 Å². The molecule has 10 nitrogen and oxygen atoms in total. The molecule has 1 aliphatic heterocycles. The molecular formula is C20H19N3O7. The summed E-state index contributed by atoms with van der Waals surface area (Å²) >= 11 is 0. The minimum Gasteiger partial charge on any atom is -0.508 e. The molecule has 30 heavy (non-hydrogen) atoms. The number of nitrogens with one attached hydrogen (secondary N) is 1. The van der Waals surface area contributed by atoms with Crippen molar-refractivity contribution in [2.75, 3.05) is 12.1 Å². The van der Waals surface area contributed by atoms with Gasteiger partial charge in [0.2, 0.25) is 12.7 Å². The van der Waals surface area contributed by atoms with Crippen LogP contribution >= 0.6 is 0 Å². The minimum absolute atomic E-state index is 0.259. The van der Waals surface area contributed by atoms with Crippen LogP contribution in [0.25, 0.3) is 11.3 Å². The molecule has 0 spiro atoms. The van der Waals surface area contributed by atoms with Crippen molar-refractivity contribution >= 4 is 17.9 Å². The first kappa shape index (κ1) is 20.5. The van der Waals surface area contributed by atoms with Crippen molar-refractivity contribution in [1.29, 1.82) is 0 Å². The molecule has 3 aromatic rings. The van der Waals surface area contributed by atoms with Crippen LogP contribution in [0.4, 0.5) is 5.95 Å². The molecule has 0 saturated heterocycles. The van der Waals surface area contributed by atoms with Gasteiger partial charge in [-0.2, -0.15) is 0 Å². The van der Waals surface area contributed by atoms with E-state index in [2.05, 4.69) is 10.3 Å². The summed E-state index contributed by atoms with van der Waals surface area (Å²) in [7, 11) is 1.96. The van der Waals surface area contributed by atoms with Gasteiger partial charge in [0.25, 0.3) is 0 Å². The molecule has 0 bridgehead atoms. The lowest BCUT2D eigenvalue weighted by Crippen LogP contribution is -2.09. The van der Waals surface area contributed by atoms with Gasteiger partial charge in [0.15, 0.2) is 11.5 Å². The van der Waals surface area contributed by atoms with Crippen molar-refractivity contribution in [2.24, 2.45) is 7.05 Å². The maximum absolute atomic E-state index is 9.52. The predicted molar refractivity (Wildman–Crippen MR) is 105 cm³/mol. The van der Waals surface area contributed by atoms with Crippen molar-refractivity contribution in [3.8, 4) is 28.5 Å². The zero-order valence-corrected chi connectivity index (χ0v) is 15.9. The Morgan fingerprint density at radius 1 is 1.10 bits per heavy atom. The van der Waals surface area contributed by atoms with Gasteiger partial charge in [0.05, 0.1) is 11.9 Å². The lowest BCUT2D eigenvalue weighted by Gasteiger charge is -2.09. The van der Waals surface area contributed by atoms with Gasteiger partial charge in [-0.1, -0.05) is 12.1 Å². The van der Waals surface area contributed by atoms with Gasteiger partial charge >= 0.3 is 11.9 Å². The van der Waals surface area contributed by atoms with Crippen LogP contribution in [0.3, 0.4) is 0 Å². The zero-order valence-electron chi connectivity index (χ0n) is 15.9. The topological polar surface area (TPSA) is 143 Å². The van der Waals surface area contributed by atoms with E-state index in [9.17, 15) is 5.11 Å². The molecule has 0 saturated carbocycles. The van der Waals surface area contributed by atoms with Crippen LogP contribution in [0, 0.1) is 0 Å². The van der Waals surface area contributed by atoms with Gasteiger partial charge in [0, 0.05) is 19.2 Å². The maximum Gasteiger partial charge on any atom is 0.414 e. The number of carboxylic acid groups (broad SMARTS) is 2. The van der Waals surface area contributed by atoms with Gasteiger partial charge in [-0.25, -0.2) is 14.6 Å². The third-order valence-corrected chi connectivity index (χ3v) is 4.20. The van der Waals surface area contributed by atoms with Gasteiger partial charge < -0.3 is 34.7 Å². The standard InChI is InChI=1S/C18H17N3O3.C2H2O4/c1-21-15(13-5-6-16-17(8-13)24-11-23-16)10-20-18(21)19-9-12-3-2-4-14(22)7-12;3-1(4)2(5)6/h2-8,10,22H,9,11H2,1H3,(H,19,20);(H,3,4)(H,5,6). The average Bonchev–Trinajstić information content (AvgIpc) is 3.32. The lowest BCUT2D eigenvalue weighted by atomic mass is 10.1. The second-order valence-corrected chi connectivity index (χ2v) is 6.23. The highest BCUT2D eigenvalue weighted by Crippen LogP contribution is 2.36. The Morgan fingerprint density at radius 3 is 2.53 bits per heavy atom. The first-order valence-corrected chi connectivity index (χ1v) is 8.75. The van der Waals surface area contributed by atoms with Gasteiger partial charge in [0.1, 0.15) is 5.75 Å². The van der Waals surface area contributed by atoms with E-state index < -0.39 is 11.9 Å². The number of imidazole rings is 1. The van der Waals surface area contributed by atoms with E-state index in [1.54, 1.807) is 12.1 Å². The van der Waals surface area contributed by atoms with Crippen molar-refractivity contribution in [2.45, 2.75) is 6.54 Å². The number of carboxylic acids is 2. The smallest absolute Gasteiger partial charge is 0.414 e. The fourth-order valence-corrected chi connectivity index (χ4v) is 2.75. The minimum atomic E-state index is -1.82. The number of aromatic nitrogens is 2. The highest BCUT2D eigenvalue weighted by Gasteiger charge is 2.16. The Bertz CT molecular complexity index is 1070. The number of aromatic hydroxyl groups is 1. The van der Waals surface area contributed by atoms with Crippen molar-refractivity contribution in [3.63, 3.8) is 0 Å². The van der Waals surface area contributed by atoms with Crippen molar-refractivity contribution in [1.82, 2.24) is 9.55 Å². The number of hydrogen-bond acceptors (Lipinski definition) is 7. The van der Waals surface area contributed by atoms with Crippen LogP contribution in [0.5, 0.6) is 17.2 Å². The number of hydrogen-bond donors (Lipinski definition) is 4. The van der Waals surface area contributed by atoms with E-state index in [1.165, 1.54) is 0 Å². The molecular weight excluding hydrogens is 394 g/mol. The summed E-state index contributed by atoms with van der Waals surface area (Å²) in [6, 6.07) is 13.0. The Kier molecular flexibility index (Phi) is 6.06. The van der Waals surface area contributed by atoms with E-state index in [-0.39, 0.29) is 12.5 Å². The highest BCUT2D eigenvalue weighted by atomic mass is 16.7. The number of carbonyl (C=O) groups is 2. The number of aliphatic carboxylic acids is 2. The van der Waals surface area contributed by atoms with Crippen LogP contribution < -0.4 is 14.8 Å².